The summed E-state index contributed by atoms with van der Waals surface area (Å²) in [7, 11) is 0. The summed E-state index contributed by atoms with van der Waals surface area (Å²) >= 11 is 6.89. The predicted molar refractivity (Wildman–Crippen MR) is 87.0 cm³/mol. The number of benzene rings is 2. The zero-order chi connectivity index (χ0) is 14.7. The van der Waals surface area contributed by atoms with E-state index in [0.717, 1.165) is 20.2 Å². The van der Waals surface area contributed by atoms with E-state index in [1.54, 1.807) is 12.1 Å². The van der Waals surface area contributed by atoms with Crippen molar-refractivity contribution < 1.29 is 4.92 Å². The van der Waals surface area contributed by atoms with Crippen molar-refractivity contribution in [2.75, 3.05) is 5.32 Å². The van der Waals surface area contributed by atoms with Gasteiger partial charge in [0.15, 0.2) is 0 Å². The third kappa shape index (κ3) is 3.58. The Bertz CT molecular complexity index is 647. The summed E-state index contributed by atoms with van der Waals surface area (Å²) < 4.78 is 1.92. The van der Waals surface area contributed by atoms with Crippen molar-refractivity contribution in [1.82, 2.24) is 0 Å². The van der Waals surface area contributed by atoms with Crippen LogP contribution in [0.5, 0.6) is 0 Å². The second-order valence-corrected chi connectivity index (χ2v) is 6.11. The molecule has 0 heterocycles. The van der Waals surface area contributed by atoms with Crippen molar-refractivity contribution in [2.45, 2.75) is 13.0 Å². The van der Waals surface area contributed by atoms with Crippen LogP contribution in [-0.2, 0) is 0 Å². The van der Waals surface area contributed by atoms with E-state index in [0.29, 0.717) is 0 Å². The molecule has 0 aliphatic heterocycles. The molecule has 0 aromatic heterocycles. The molecule has 6 heteroatoms. The molecule has 104 valence electrons. The van der Waals surface area contributed by atoms with Gasteiger partial charge in [-0.05, 0) is 46.6 Å². The minimum Gasteiger partial charge on any atom is -0.378 e. The molecule has 2 rings (SSSR count). The first-order chi connectivity index (χ1) is 9.47. The fraction of sp³-hybridized carbons (Fsp3) is 0.143. The maximum Gasteiger partial charge on any atom is 0.269 e. The van der Waals surface area contributed by atoms with Gasteiger partial charge in [0.1, 0.15) is 0 Å². The Balaban J connectivity index is 2.21. The Morgan fingerprint density at radius 2 is 1.95 bits per heavy atom. The standard InChI is InChI=1S/C14H12Br2N2O2/c1-9(10-3-2-4-12(7-10)18(19)20)17-14-6-5-11(15)8-13(14)16/h2-9,17H,1H3. The molecule has 1 unspecified atom stereocenters. The Morgan fingerprint density at radius 1 is 1.20 bits per heavy atom. The summed E-state index contributed by atoms with van der Waals surface area (Å²) in [4.78, 5) is 10.4. The lowest BCUT2D eigenvalue weighted by Gasteiger charge is -2.17. The minimum atomic E-state index is -0.383. The molecule has 0 saturated heterocycles. The van der Waals surface area contributed by atoms with Crippen LogP contribution in [0.15, 0.2) is 51.4 Å². The molecule has 0 aliphatic rings. The molecule has 0 saturated carbocycles. The monoisotopic (exact) mass is 398 g/mol. The largest absolute Gasteiger partial charge is 0.378 e. The van der Waals surface area contributed by atoms with Crippen molar-refractivity contribution in [3.8, 4) is 0 Å². The fourth-order valence-corrected chi connectivity index (χ4v) is 2.99. The molecule has 1 atom stereocenters. The number of nitrogens with zero attached hydrogens (tertiary/aromatic N) is 1. The summed E-state index contributed by atoms with van der Waals surface area (Å²) in [6.45, 7) is 1.97. The van der Waals surface area contributed by atoms with E-state index in [2.05, 4.69) is 37.2 Å². The van der Waals surface area contributed by atoms with E-state index < -0.39 is 0 Å². The van der Waals surface area contributed by atoms with Crippen molar-refractivity contribution in [3.05, 3.63) is 67.1 Å². The highest BCUT2D eigenvalue weighted by Gasteiger charge is 2.12. The predicted octanol–water partition coefficient (Wildman–Crippen LogP) is 5.29. The van der Waals surface area contributed by atoms with Gasteiger partial charge in [-0.3, -0.25) is 10.1 Å². The van der Waals surface area contributed by atoms with Gasteiger partial charge in [0.25, 0.3) is 5.69 Å². The number of non-ortho nitro benzene ring substituents is 1. The van der Waals surface area contributed by atoms with Crippen LogP contribution in [-0.4, -0.2) is 4.92 Å². The van der Waals surface area contributed by atoms with E-state index >= 15 is 0 Å². The van der Waals surface area contributed by atoms with Crippen LogP contribution in [0.3, 0.4) is 0 Å². The molecule has 2 aromatic carbocycles. The normalized spacial score (nSPS) is 11.9. The van der Waals surface area contributed by atoms with Gasteiger partial charge in [-0.15, -0.1) is 0 Å². The Labute approximate surface area is 133 Å². The maximum absolute atomic E-state index is 10.8. The molecule has 1 N–H and O–H groups in total. The molecule has 0 amide bonds. The highest BCUT2D eigenvalue weighted by molar-refractivity contribution is 9.11. The van der Waals surface area contributed by atoms with E-state index in [1.165, 1.54) is 6.07 Å². The average molecular weight is 400 g/mol. The first kappa shape index (κ1) is 15.0. The van der Waals surface area contributed by atoms with Crippen LogP contribution >= 0.6 is 31.9 Å². The molecule has 0 fully saturated rings. The number of nitro benzene ring substituents is 1. The van der Waals surface area contributed by atoms with Crippen molar-refractivity contribution >= 4 is 43.2 Å². The SMILES string of the molecule is CC(Nc1ccc(Br)cc1Br)c1cccc([N+](=O)[O-])c1. The van der Waals surface area contributed by atoms with Crippen LogP contribution in [0.2, 0.25) is 0 Å². The fourth-order valence-electron chi connectivity index (χ4n) is 1.83. The smallest absolute Gasteiger partial charge is 0.269 e. The van der Waals surface area contributed by atoms with E-state index in [9.17, 15) is 10.1 Å². The Hall–Kier alpha value is -1.40. The van der Waals surface area contributed by atoms with Crippen LogP contribution in [0.4, 0.5) is 11.4 Å². The van der Waals surface area contributed by atoms with E-state index in [4.69, 9.17) is 0 Å². The van der Waals surface area contributed by atoms with Gasteiger partial charge in [0.2, 0.25) is 0 Å². The van der Waals surface area contributed by atoms with E-state index in [1.807, 2.05) is 31.2 Å². The first-order valence-corrected chi connectivity index (χ1v) is 7.52. The van der Waals surface area contributed by atoms with Crippen LogP contribution in [0.1, 0.15) is 18.5 Å². The second kappa shape index (κ2) is 6.37. The summed E-state index contributed by atoms with van der Waals surface area (Å²) in [5.74, 6) is 0. The average Bonchev–Trinajstić information content (AvgIpc) is 2.42. The molecule has 0 aliphatic carbocycles. The van der Waals surface area contributed by atoms with Gasteiger partial charge in [-0.2, -0.15) is 0 Å². The number of hydrogen-bond acceptors (Lipinski definition) is 3. The van der Waals surface area contributed by atoms with Gasteiger partial charge >= 0.3 is 0 Å². The highest BCUT2D eigenvalue weighted by atomic mass is 79.9. The van der Waals surface area contributed by atoms with Gasteiger partial charge in [0.05, 0.1) is 4.92 Å². The zero-order valence-corrected chi connectivity index (χ0v) is 13.8. The van der Waals surface area contributed by atoms with Crippen LogP contribution in [0.25, 0.3) is 0 Å². The number of halogens is 2. The summed E-state index contributed by atoms with van der Waals surface area (Å²) in [5, 5.41) is 14.1. The third-order valence-corrected chi connectivity index (χ3v) is 4.03. The van der Waals surface area contributed by atoms with Crippen molar-refractivity contribution in [1.29, 1.82) is 0 Å². The van der Waals surface area contributed by atoms with E-state index in [-0.39, 0.29) is 16.7 Å². The summed E-state index contributed by atoms with van der Waals surface area (Å²) in [6, 6.07) is 12.4. The van der Waals surface area contributed by atoms with Gasteiger partial charge in [0, 0.05) is 32.8 Å². The molecular formula is C14H12Br2N2O2. The minimum absolute atomic E-state index is 0.0348. The van der Waals surface area contributed by atoms with Gasteiger partial charge in [-0.25, -0.2) is 0 Å². The molecule has 2 aromatic rings. The lowest BCUT2D eigenvalue weighted by molar-refractivity contribution is -0.384. The quantitative estimate of drug-likeness (QED) is 0.561. The molecular weight excluding hydrogens is 388 g/mol. The lowest BCUT2D eigenvalue weighted by atomic mass is 10.1. The van der Waals surface area contributed by atoms with Crippen molar-refractivity contribution in [2.24, 2.45) is 0 Å². The molecule has 0 bridgehead atoms. The molecule has 4 nitrogen and oxygen atoms in total. The maximum atomic E-state index is 10.8. The summed E-state index contributed by atoms with van der Waals surface area (Å²) in [6.07, 6.45) is 0. The molecule has 0 radical (unpaired) electrons. The van der Waals surface area contributed by atoms with Crippen LogP contribution in [0, 0.1) is 10.1 Å². The van der Waals surface area contributed by atoms with Gasteiger partial charge < -0.3 is 5.32 Å². The molecule has 20 heavy (non-hydrogen) atoms. The Kier molecular flexibility index (Phi) is 4.77. The number of anilines is 1. The number of hydrogen-bond donors (Lipinski definition) is 1. The number of nitro groups is 1. The summed E-state index contributed by atoms with van der Waals surface area (Å²) in [5.41, 5.74) is 1.91. The number of nitrogens with one attached hydrogen (secondary N) is 1. The highest BCUT2D eigenvalue weighted by Crippen LogP contribution is 2.30. The molecule has 0 spiro atoms. The topological polar surface area (TPSA) is 55.2 Å². The van der Waals surface area contributed by atoms with Crippen LogP contribution < -0.4 is 5.32 Å². The lowest BCUT2D eigenvalue weighted by Crippen LogP contribution is -2.07. The second-order valence-electron chi connectivity index (χ2n) is 4.34. The third-order valence-electron chi connectivity index (χ3n) is 2.88. The number of rotatable bonds is 4. The first-order valence-electron chi connectivity index (χ1n) is 5.93. The van der Waals surface area contributed by atoms with Gasteiger partial charge in [-0.1, -0.05) is 28.1 Å². The van der Waals surface area contributed by atoms with Crippen molar-refractivity contribution in [3.63, 3.8) is 0 Å². The zero-order valence-electron chi connectivity index (χ0n) is 10.6. The Morgan fingerprint density at radius 3 is 2.60 bits per heavy atom.